The van der Waals surface area contributed by atoms with Gasteiger partial charge in [0.05, 0.1) is 6.61 Å². The third kappa shape index (κ3) is 5.75. The highest BCUT2D eigenvalue weighted by atomic mass is 16.6. The average Bonchev–Trinajstić information content (AvgIpc) is 2.18. The lowest BCUT2D eigenvalue weighted by Crippen LogP contribution is -2.12. The molecule has 0 radical (unpaired) electrons. The molecule has 0 amide bonds. The van der Waals surface area contributed by atoms with Gasteiger partial charge in [0.2, 0.25) is 0 Å². The van der Waals surface area contributed by atoms with Crippen LogP contribution >= 0.6 is 0 Å². The molecule has 0 spiro atoms. The Bertz CT molecular complexity index is 185. The molecule has 3 nitrogen and oxygen atoms in total. The normalized spacial score (nSPS) is 11.5. The maximum absolute atomic E-state index is 11.5. The standard InChI is InChI=1S/C11H20O3/c1-4-6-10(7-5-2)11(12)14-9-8-13-3/h6H,4-5,7-9H2,1-3H3. The molecule has 0 saturated carbocycles. The van der Waals surface area contributed by atoms with Crippen molar-refractivity contribution in [3.8, 4) is 0 Å². The molecule has 0 saturated heterocycles. The summed E-state index contributed by atoms with van der Waals surface area (Å²) >= 11 is 0. The van der Waals surface area contributed by atoms with Crippen molar-refractivity contribution in [1.29, 1.82) is 0 Å². The first-order valence-corrected chi connectivity index (χ1v) is 5.11. The molecule has 0 atom stereocenters. The summed E-state index contributed by atoms with van der Waals surface area (Å²) in [7, 11) is 1.59. The molecular weight excluding hydrogens is 180 g/mol. The van der Waals surface area contributed by atoms with E-state index in [1.165, 1.54) is 0 Å². The predicted molar refractivity (Wildman–Crippen MR) is 56.1 cm³/mol. The van der Waals surface area contributed by atoms with Crippen LogP contribution in [0, 0.1) is 0 Å². The number of rotatable bonds is 7. The molecule has 14 heavy (non-hydrogen) atoms. The van der Waals surface area contributed by atoms with Crippen LogP contribution in [0.25, 0.3) is 0 Å². The second-order valence-corrected chi connectivity index (χ2v) is 3.02. The summed E-state index contributed by atoms with van der Waals surface area (Å²) in [6.07, 6.45) is 4.55. The fraction of sp³-hybridized carbons (Fsp3) is 0.727. The van der Waals surface area contributed by atoms with Crippen LogP contribution in [0.2, 0.25) is 0 Å². The molecule has 0 aliphatic rings. The highest BCUT2D eigenvalue weighted by Crippen LogP contribution is 2.08. The van der Waals surface area contributed by atoms with Gasteiger partial charge in [-0.05, 0) is 12.8 Å². The van der Waals surface area contributed by atoms with Gasteiger partial charge in [-0.15, -0.1) is 0 Å². The summed E-state index contributed by atoms with van der Waals surface area (Å²) in [5, 5.41) is 0. The lowest BCUT2D eigenvalue weighted by Gasteiger charge is -2.06. The smallest absolute Gasteiger partial charge is 0.333 e. The third-order valence-corrected chi connectivity index (χ3v) is 1.75. The molecule has 0 bridgehead atoms. The fourth-order valence-corrected chi connectivity index (χ4v) is 1.11. The zero-order valence-corrected chi connectivity index (χ0v) is 9.34. The third-order valence-electron chi connectivity index (χ3n) is 1.75. The maximum atomic E-state index is 11.5. The van der Waals surface area contributed by atoms with Crippen molar-refractivity contribution in [2.24, 2.45) is 0 Å². The number of hydrogen-bond donors (Lipinski definition) is 0. The van der Waals surface area contributed by atoms with E-state index in [4.69, 9.17) is 9.47 Å². The van der Waals surface area contributed by atoms with E-state index in [2.05, 4.69) is 0 Å². The van der Waals surface area contributed by atoms with Crippen molar-refractivity contribution < 1.29 is 14.3 Å². The zero-order chi connectivity index (χ0) is 10.8. The molecule has 0 aromatic heterocycles. The van der Waals surface area contributed by atoms with Crippen LogP contribution in [-0.4, -0.2) is 26.3 Å². The molecule has 0 aromatic rings. The van der Waals surface area contributed by atoms with Crippen molar-refractivity contribution in [1.82, 2.24) is 0 Å². The van der Waals surface area contributed by atoms with Gasteiger partial charge in [-0.1, -0.05) is 26.3 Å². The number of allylic oxidation sites excluding steroid dienone is 1. The van der Waals surface area contributed by atoms with Gasteiger partial charge in [0.25, 0.3) is 0 Å². The minimum absolute atomic E-state index is 0.203. The number of ether oxygens (including phenoxy) is 2. The lowest BCUT2D eigenvalue weighted by molar-refractivity contribution is -0.140. The second-order valence-electron chi connectivity index (χ2n) is 3.02. The molecule has 0 aliphatic heterocycles. The molecule has 3 heteroatoms. The van der Waals surface area contributed by atoms with E-state index in [-0.39, 0.29) is 5.97 Å². The minimum atomic E-state index is -0.203. The highest BCUT2D eigenvalue weighted by molar-refractivity contribution is 5.88. The zero-order valence-electron chi connectivity index (χ0n) is 9.34. The maximum Gasteiger partial charge on any atom is 0.333 e. The summed E-state index contributed by atoms with van der Waals surface area (Å²) in [5.74, 6) is -0.203. The van der Waals surface area contributed by atoms with Crippen LogP contribution in [0.5, 0.6) is 0 Å². The van der Waals surface area contributed by atoms with Gasteiger partial charge in [0, 0.05) is 12.7 Å². The van der Waals surface area contributed by atoms with Crippen LogP contribution < -0.4 is 0 Å². The summed E-state index contributed by atoms with van der Waals surface area (Å²) in [6.45, 7) is 4.85. The Hall–Kier alpha value is -0.830. The summed E-state index contributed by atoms with van der Waals surface area (Å²) in [5.41, 5.74) is 0.783. The molecule has 0 heterocycles. The number of methoxy groups -OCH3 is 1. The highest BCUT2D eigenvalue weighted by Gasteiger charge is 2.08. The van der Waals surface area contributed by atoms with Crippen LogP contribution in [0.4, 0.5) is 0 Å². The van der Waals surface area contributed by atoms with Gasteiger partial charge in [-0.25, -0.2) is 4.79 Å². The van der Waals surface area contributed by atoms with Gasteiger partial charge in [-0.2, -0.15) is 0 Å². The Balaban J connectivity index is 3.96. The van der Waals surface area contributed by atoms with Crippen LogP contribution in [0.1, 0.15) is 33.1 Å². The van der Waals surface area contributed by atoms with Crippen molar-refractivity contribution in [2.75, 3.05) is 20.3 Å². The van der Waals surface area contributed by atoms with Crippen LogP contribution in [0.3, 0.4) is 0 Å². The minimum Gasteiger partial charge on any atom is -0.460 e. The Morgan fingerprint density at radius 1 is 1.29 bits per heavy atom. The van der Waals surface area contributed by atoms with E-state index < -0.39 is 0 Å². The molecule has 0 fully saturated rings. The monoisotopic (exact) mass is 200 g/mol. The van der Waals surface area contributed by atoms with E-state index >= 15 is 0 Å². The van der Waals surface area contributed by atoms with Gasteiger partial charge < -0.3 is 9.47 Å². The first kappa shape index (κ1) is 13.2. The first-order chi connectivity index (χ1) is 6.76. The second kappa shape index (κ2) is 8.75. The summed E-state index contributed by atoms with van der Waals surface area (Å²) in [4.78, 5) is 11.5. The van der Waals surface area contributed by atoms with Crippen molar-refractivity contribution in [2.45, 2.75) is 33.1 Å². The van der Waals surface area contributed by atoms with E-state index in [0.717, 1.165) is 24.8 Å². The molecule has 0 aromatic carbocycles. The Kier molecular flexibility index (Phi) is 8.24. The van der Waals surface area contributed by atoms with E-state index in [9.17, 15) is 4.79 Å². The molecule has 0 unspecified atom stereocenters. The lowest BCUT2D eigenvalue weighted by atomic mass is 10.1. The van der Waals surface area contributed by atoms with E-state index in [1.807, 2.05) is 19.9 Å². The summed E-state index contributed by atoms with van der Waals surface area (Å²) < 4.78 is 9.81. The Morgan fingerprint density at radius 2 is 2.00 bits per heavy atom. The van der Waals surface area contributed by atoms with Crippen molar-refractivity contribution >= 4 is 5.97 Å². The summed E-state index contributed by atoms with van der Waals surface area (Å²) in [6, 6.07) is 0. The molecule has 0 N–H and O–H groups in total. The number of hydrogen-bond acceptors (Lipinski definition) is 3. The SMILES string of the molecule is CCC=C(CCC)C(=O)OCCOC. The van der Waals surface area contributed by atoms with Crippen molar-refractivity contribution in [3.63, 3.8) is 0 Å². The van der Waals surface area contributed by atoms with Crippen LogP contribution in [0.15, 0.2) is 11.6 Å². The van der Waals surface area contributed by atoms with Gasteiger partial charge in [-0.3, -0.25) is 0 Å². The van der Waals surface area contributed by atoms with Gasteiger partial charge >= 0.3 is 5.97 Å². The first-order valence-electron chi connectivity index (χ1n) is 5.11. The molecule has 0 aliphatic carbocycles. The van der Waals surface area contributed by atoms with Gasteiger partial charge in [0.1, 0.15) is 6.61 Å². The molecule has 0 rings (SSSR count). The average molecular weight is 200 g/mol. The van der Waals surface area contributed by atoms with E-state index in [0.29, 0.717) is 13.2 Å². The number of carbonyl (C=O) groups is 1. The van der Waals surface area contributed by atoms with Crippen molar-refractivity contribution in [3.05, 3.63) is 11.6 Å². The van der Waals surface area contributed by atoms with E-state index in [1.54, 1.807) is 7.11 Å². The molecular formula is C11H20O3. The fourth-order valence-electron chi connectivity index (χ4n) is 1.11. The van der Waals surface area contributed by atoms with Crippen LogP contribution in [-0.2, 0) is 14.3 Å². The number of carbonyl (C=O) groups excluding carboxylic acids is 1. The van der Waals surface area contributed by atoms with Gasteiger partial charge in [0.15, 0.2) is 0 Å². The predicted octanol–water partition coefficient (Wildman–Crippen LogP) is 2.31. The number of esters is 1. The Labute approximate surface area is 86.1 Å². The quantitative estimate of drug-likeness (QED) is 0.359. The molecule has 82 valence electrons. The Morgan fingerprint density at radius 3 is 2.50 bits per heavy atom. The topological polar surface area (TPSA) is 35.5 Å². The largest absolute Gasteiger partial charge is 0.460 e.